The number of hydrogen-bond acceptors (Lipinski definition) is 7. The molecule has 2 aromatic rings. The molecule has 3 N–H and O–H groups in total. The average Bonchev–Trinajstić information content (AvgIpc) is 3.37. The van der Waals surface area contributed by atoms with Gasteiger partial charge < -0.3 is 24.2 Å². The van der Waals surface area contributed by atoms with E-state index in [0.29, 0.717) is 31.3 Å². The second-order valence-corrected chi connectivity index (χ2v) is 8.46. The molecule has 178 valence electrons. The first-order chi connectivity index (χ1) is 16.1. The highest BCUT2D eigenvalue weighted by Crippen LogP contribution is 2.49. The number of likely N-dealkylation sites (tertiary alicyclic amines) is 1. The molecule has 4 atom stereocenters. The number of methoxy groups -OCH3 is 2. The van der Waals surface area contributed by atoms with Crippen LogP contribution in [-0.4, -0.2) is 55.9 Å². The van der Waals surface area contributed by atoms with E-state index in [2.05, 4.69) is 17.8 Å². The minimum absolute atomic E-state index is 0.00899. The molecule has 2 saturated heterocycles. The topological polar surface area (TPSA) is 92.3 Å². The van der Waals surface area contributed by atoms with Gasteiger partial charge in [-0.1, -0.05) is 37.6 Å². The molecule has 0 saturated carbocycles. The number of ether oxygens (including phenoxy) is 3. The molecule has 2 aliphatic rings. The van der Waals surface area contributed by atoms with Crippen molar-refractivity contribution in [3.05, 3.63) is 53.6 Å². The number of hydrogen-bond donors (Lipinski definition) is 3. The predicted molar refractivity (Wildman–Crippen MR) is 124 cm³/mol. The Bertz CT molecular complexity index is 969. The number of carbonyl (C=O) groups excluding carboxylic acids is 1. The molecule has 4 unspecified atom stereocenters. The molecule has 0 radical (unpaired) electrons. The number of phenols is 1. The maximum atomic E-state index is 13.4. The van der Waals surface area contributed by atoms with E-state index in [-0.39, 0.29) is 29.7 Å². The molecular formula is C25H33N3O5. The van der Waals surface area contributed by atoms with Crippen LogP contribution < -0.4 is 20.3 Å². The zero-order valence-corrected chi connectivity index (χ0v) is 19.4. The van der Waals surface area contributed by atoms with Crippen molar-refractivity contribution in [3.8, 4) is 17.2 Å². The lowest BCUT2D eigenvalue weighted by atomic mass is 9.83. The lowest BCUT2D eigenvalue weighted by Crippen LogP contribution is -2.42. The maximum absolute atomic E-state index is 13.4. The first-order valence-corrected chi connectivity index (χ1v) is 11.5. The van der Waals surface area contributed by atoms with Crippen LogP contribution >= 0.6 is 0 Å². The minimum Gasteiger partial charge on any atom is -0.508 e. The first-order valence-electron chi connectivity index (χ1n) is 11.5. The molecule has 1 amide bonds. The van der Waals surface area contributed by atoms with Gasteiger partial charge >= 0.3 is 0 Å². The Labute approximate surface area is 194 Å². The van der Waals surface area contributed by atoms with Gasteiger partial charge in [0.15, 0.2) is 11.5 Å². The van der Waals surface area contributed by atoms with E-state index in [9.17, 15) is 9.90 Å². The third-order valence-electron chi connectivity index (χ3n) is 6.51. The second-order valence-electron chi connectivity index (χ2n) is 8.46. The Morgan fingerprint density at radius 2 is 1.82 bits per heavy atom. The fraction of sp³-hybridized carbons (Fsp3) is 0.480. The molecule has 8 nitrogen and oxygen atoms in total. The SMILES string of the molecule is CCCCOc1ccc(C2C3C(NNC3c3ccccc3O)C(=O)N2CCOC)cc1OC. The van der Waals surface area contributed by atoms with Gasteiger partial charge in [-0.25, -0.2) is 10.9 Å². The van der Waals surface area contributed by atoms with Crippen molar-refractivity contribution in [3.63, 3.8) is 0 Å². The van der Waals surface area contributed by atoms with Crippen LogP contribution in [0.15, 0.2) is 42.5 Å². The van der Waals surface area contributed by atoms with E-state index in [1.165, 1.54) is 0 Å². The Hall–Kier alpha value is -2.81. The number of nitrogens with zero attached hydrogens (tertiary/aromatic N) is 1. The van der Waals surface area contributed by atoms with Crippen LogP contribution in [0.4, 0.5) is 0 Å². The van der Waals surface area contributed by atoms with E-state index < -0.39 is 6.04 Å². The number of amides is 1. The smallest absolute Gasteiger partial charge is 0.242 e. The third kappa shape index (κ3) is 4.51. The summed E-state index contributed by atoms with van der Waals surface area (Å²) in [5, 5.41) is 10.5. The van der Waals surface area contributed by atoms with E-state index >= 15 is 0 Å². The Morgan fingerprint density at radius 3 is 2.55 bits per heavy atom. The number of phenolic OH excluding ortho intramolecular Hbond substituents is 1. The summed E-state index contributed by atoms with van der Waals surface area (Å²) in [6.45, 7) is 3.66. The Kier molecular flexibility index (Phi) is 7.37. The third-order valence-corrected chi connectivity index (χ3v) is 6.51. The average molecular weight is 456 g/mol. The van der Waals surface area contributed by atoms with Crippen LogP contribution in [0.5, 0.6) is 17.2 Å². The lowest BCUT2D eigenvalue weighted by Gasteiger charge is -2.31. The van der Waals surface area contributed by atoms with Gasteiger partial charge in [0.2, 0.25) is 5.91 Å². The summed E-state index contributed by atoms with van der Waals surface area (Å²) in [4.78, 5) is 15.3. The summed E-state index contributed by atoms with van der Waals surface area (Å²) >= 11 is 0. The molecule has 4 rings (SSSR count). The van der Waals surface area contributed by atoms with Gasteiger partial charge in [0.05, 0.1) is 32.4 Å². The zero-order chi connectivity index (χ0) is 23.4. The van der Waals surface area contributed by atoms with Crippen molar-refractivity contribution in [1.82, 2.24) is 15.8 Å². The van der Waals surface area contributed by atoms with Crippen molar-refractivity contribution >= 4 is 5.91 Å². The standard InChI is InChI=1S/C25H33N3O5/c1-4-5-13-33-19-11-10-16(15-20(19)32-3)24-21-22(17-8-6-7-9-18(17)29)26-27-23(21)25(30)28(24)12-14-31-2/h6-11,15,21-24,26-27,29H,4-5,12-14H2,1-3H3. The van der Waals surface area contributed by atoms with E-state index in [1.807, 2.05) is 35.2 Å². The molecule has 0 aromatic heterocycles. The molecule has 2 aliphatic heterocycles. The highest BCUT2D eigenvalue weighted by Gasteiger charge is 2.55. The van der Waals surface area contributed by atoms with Crippen LogP contribution in [0.1, 0.15) is 43.0 Å². The monoisotopic (exact) mass is 455 g/mol. The van der Waals surface area contributed by atoms with Crippen molar-refractivity contribution in [2.45, 2.75) is 37.9 Å². The van der Waals surface area contributed by atoms with Crippen molar-refractivity contribution in [2.24, 2.45) is 5.92 Å². The molecule has 8 heteroatoms. The maximum Gasteiger partial charge on any atom is 0.242 e. The quantitative estimate of drug-likeness (QED) is 0.475. The molecule has 0 bridgehead atoms. The van der Waals surface area contributed by atoms with Gasteiger partial charge in [-0.3, -0.25) is 4.79 Å². The van der Waals surface area contributed by atoms with Crippen LogP contribution in [0.2, 0.25) is 0 Å². The van der Waals surface area contributed by atoms with Gasteiger partial charge in [-0.15, -0.1) is 0 Å². The van der Waals surface area contributed by atoms with Crippen LogP contribution in [0, 0.1) is 5.92 Å². The summed E-state index contributed by atoms with van der Waals surface area (Å²) in [5.41, 5.74) is 8.14. The summed E-state index contributed by atoms with van der Waals surface area (Å²) in [5.74, 6) is 1.41. The van der Waals surface area contributed by atoms with E-state index in [1.54, 1.807) is 26.4 Å². The molecule has 0 spiro atoms. The molecule has 2 fully saturated rings. The second kappa shape index (κ2) is 10.4. The van der Waals surface area contributed by atoms with Gasteiger partial charge in [0.1, 0.15) is 11.8 Å². The van der Waals surface area contributed by atoms with Crippen LogP contribution in [0.25, 0.3) is 0 Å². The Balaban J connectivity index is 1.72. The fourth-order valence-electron chi connectivity index (χ4n) is 4.87. The number of aromatic hydroxyl groups is 1. The van der Waals surface area contributed by atoms with Crippen molar-refractivity contribution < 1.29 is 24.1 Å². The zero-order valence-electron chi connectivity index (χ0n) is 19.4. The number of para-hydroxylation sites is 1. The number of fused-ring (bicyclic) bond motifs is 1. The van der Waals surface area contributed by atoms with Crippen molar-refractivity contribution in [1.29, 1.82) is 0 Å². The number of unbranched alkanes of at least 4 members (excludes halogenated alkanes) is 1. The molecule has 0 aliphatic carbocycles. The normalized spacial score (nSPS) is 24.2. The summed E-state index contributed by atoms with van der Waals surface area (Å²) < 4.78 is 16.8. The van der Waals surface area contributed by atoms with E-state index in [0.717, 1.165) is 24.0 Å². The summed E-state index contributed by atoms with van der Waals surface area (Å²) in [6.07, 6.45) is 2.02. The van der Waals surface area contributed by atoms with Gasteiger partial charge in [-0.05, 0) is 30.2 Å². The number of rotatable bonds is 10. The molecular weight excluding hydrogens is 422 g/mol. The minimum atomic E-state index is -0.414. The van der Waals surface area contributed by atoms with Gasteiger partial charge in [-0.2, -0.15) is 0 Å². The highest BCUT2D eigenvalue weighted by atomic mass is 16.5. The van der Waals surface area contributed by atoms with Gasteiger partial charge in [0.25, 0.3) is 0 Å². The number of benzene rings is 2. The van der Waals surface area contributed by atoms with Crippen molar-refractivity contribution in [2.75, 3.05) is 34.0 Å². The first kappa shape index (κ1) is 23.4. The largest absolute Gasteiger partial charge is 0.508 e. The predicted octanol–water partition coefficient (Wildman–Crippen LogP) is 2.94. The lowest BCUT2D eigenvalue weighted by molar-refractivity contribution is -0.131. The summed E-state index contributed by atoms with van der Waals surface area (Å²) in [6, 6.07) is 12.2. The van der Waals surface area contributed by atoms with Crippen LogP contribution in [-0.2, 0) is 9.53 Å². The Morgan fingerprint density at radius 1 is 1.03 bits per heavy atom. The number of nitrogens with one attached hydrogen (secondary N) is 2. The fourth-order valence-corrected chi connectivity index (χ4v) is 4.87. The van der Waals surface area contributed by atoms with E-state index in [4.69, 9.17) is 14.2 Å². The van der Waals surface area contributed by atoms with Gasteiger partial charge in [0, 0.05) is 25.1 Å². The highest BCUT2D eigenvalue weighted by molar-refractivity contribution is 5.86. The molecule has 2 heterocycles. The number of carbonyl (C=O) groups is 1. The summed E-state index contributed by atoms with van der Waals surface area (Å²) in [7, 11) is 3.26. The molecule has 2 aromatic carbocycles. The molecule has 33 heavy (non-hydrogen) atoms. The van der Waals surface area contributed by atoms with Crippen LogP contribution in [0.3, 0.4) is 0 Å². The number of hydrazine groups is 1.